The first-order chi connectivity index (χ1) is 9.20. The molecular formula is C12H18N4O3. The number of imidazole rings is 1. The molecule has 2 heterocycles. The molecule has 7 heteroatoms. The van der Waals surface area contributed by atoms with Crippen molar-refractivity contribution < 1.29 is 14.3 Å². The maximum Gasteiger partial charge on any atom is 0.409 e. The lowest BCUT2D eigenvalue weighted by Crippen LogP contribution is -2.46. The van der Waals surface area contributed by atoms with Crippen LogP contribution in [0.15, 0.2) is 12.4 Å². The molecule has 0 unspecified atom stereocenters. The summed E-state index contributed by atoms with van der Waals surface area (Å²) >= 11 is 0. The largest absolute Gasteiger partial charge is 0.450 e. The summed E-state index contributed by atoms with van der Waals surface area (Å²) in [7, 11) is 0. The van der Waals surface area contributed by atoms with Crippen molar-refractivity contribution >= 4 is 12.0 Å². The van der Waals surface area contributed by atoms with E-state index in [1.807, 2.05) is 0 Å². The topological polar surface area (TPSA) is 87.3 Å². The number of carbonyl (C=O) groups is 2. The maximum atomic E-state index is 11.8. The molecule has 0 bridgehead atoms. The number of rotatable bonds is 3. The third kappa shape index (κ3) is 3.46. The molecule has 0 spiro atoms. The zero-order chi connectivity index (χ0) is 13.7. The lowest BCUT2D eigenvalue weighted by atomic mass is 10.1. The van der Waals surface area contributed by atoms with Crippen LogP contribution in [0.25, 0.3) is 0 Å². The molecule has 0 saturated carbocycles. The van der Waals surface area contributed by atoms with Crippen molar-refractivity contribution in [2.45, 2.75) is 25.8 Å². The van der Waals surface area contributed by atoms with Gasteiger partial charge in [-0.2, -0.15) is 0 Å². The Morgan fingerprint density at radius 3 is 2.84 bits per heavy atom. The van der Waals surface area contributed by atoms with E-state index in [1.54, 1.807) is 18.0 Å². The van der Waals surface area contributed by atoms with Gasteiger partial charge in [0.05, 0.1) is 6.61 Å². The van der Waals surface area contributed by atoms with E-state index in [0.29, 0.717) is 25.5 Å². The highest BCUT2D eigenvalue weighted by atomic mass is 16.6. The minimum atomic E-state index is -0.279. The van der Waals surface area contributed by atoms with E-state index >= 15 is 0 Å². The summed E-state index contributed by atoms with van der Waals surface area (Å²) in [5.41, 5.74) is 0. The van der Waals surface area contributed by atoms with Crippen LogP contribution in [0.1, 0.15) is 30.4 Å². The minimum absolute atomic E-state index is 0.0725. The fourth-order valence-electron chi connectivity index (χ4n) is 2.06. The van der Waals surface area contributed by atoms with Gasteiger partial charge in [-0.15, -0.1) is 0 Å². The molecule has 19 heavy (non-hydrogen) atoms. The number of ether oxygens (including phenoxy) is 1. The predicted octanol–water partition coefficient (Wildman–Crippen LogP) is 0.760. The Hall–Kier alpha value is -2.05. The molecular weight excluding hydrogens is 248 g/mol. The van der Waals surface area contributed by atoms with Crippen LogP contribution in [-0.4, -0.2) is 52.6 Å². The van der Waals surface area contributed by atoms with Gasteiger partial charge in [-0.3, -0.25) is 4.79 Å². The summed E-state index contributed by atoms with van der Waals surface area (Å²) in [4.78, 5) is 31.6. The van der Waals surface area contributed by atoms with Crippen molar-refractivity contribution in [1.29, 1.82) is 0 Å². The Labute approximate surface area is 111 Å². The normalized spacial score (nSPS) is 16.2. The zero-order valence-electron chi connectivity index (χ0n) is 10.9. The Kier molecular flexibility index (Phi) is 4.38. The Bertz CT molecular complexity index is 424. The Morgan fingerprint density at radius 2 is 2.26 bits per heavy atom. The third-order valence-corrected chi connectivity index (χ3v) is 3.07. The number of hydrogen-bond donors (Lipinski definition) is 2. The lowest BCUT2D eigenvalue weighted by molar-refractivity contribution is 0.0853. The molecule has 1 aromatic rings. The summed E-state index contributed by atoms with van der Waals surface area (Å²) in [6.45, 7) is 3.37. The van der Waals surface area contributed by atoms with E-state index in [-0.39, 0.29) is 18.0 Å². The van der Waals surface area contributed by atoms with Gasteiger partial charge in [0.25, 0.3) is 5.91 Å². The number of likely N-dealkylation sites (tertiary alicyclic amines) is 1. The summed E-state index contributed by atoms with van der Waals surface area (Å²) < 4.78 is 4.94. The van der Waals surface area contributed by atoms with Gasteiger partial charge in [0.1, 0.15) is 0 Å². The lowest BCUT2D eigenvalue weighted by Gasteiger charge is -2.31. The Morgan fingerprint density at radius 1 is 1.53 bits per heavy atom. The van der Waals surface area contributed by atoms with E-state index in [0.717, 1.165) is 12.8 Å². The Balaban J connectivity index is 1.77. The van der Waals surface area contributed by atoms with Crippen molar-refractivity contribution in [3.05, 3.63) is 18.2 Å². The highest BCUT2D eigenvalue weighted by Gasteiger charge is 2.25. The quantitative estimate of drug-likeness (QED) is 0.845. The molecule has 2 rings (SSSR count). The average molecular weight is 266 g/mol. The number of amides is 2. The number of nitrogens with zero attached hydrogens (tertiary/aromatic N) is 2. The average Bonchev–Trinajstić information content (AvgIpc) is 2.94. The summed E-state index contributed by atoms with van der Waals surface area (Å²) in [5, 5.41) is 2.90. The summed E-state index contributed by atoms with van der Waals surface area (Å²) in [6, 6.07) is 0.0725. The van der Waals surface area contributed by atoms with Crippen LogP contribution < -0.4 is 5.32 Å². The molecule has 1 aliphatic heterocycles. The van der Waals surface area contributed by atoms with Crippen molar-refractivity contribution in [2.24, 2.45) is 0 Å². The minimum Gasteiger partial charge on any atom is -0.450 e. The molecule has 0 radical (unpaired) electrons. The number of piperidine rings is 1. The molecule has 2 amide bonds. The van der Waals surface area contributed by atoms with Crippen LogP contribution >= 0.6 is 0 Å². The van der Waals surface area contributed by atoms with Crippen LogP contribution in [0.5, 0.6) is 0 Å². The van der Waals surface area contributed by atoms with Crippen molar-refractivity contribution in [3.8, 4) is 0 Å². The number of aromatic nitrogens is 2. The van der Waals surface area contributed by atoms with E-state index in [1.165, 1.54) is 6.20 Å². The fraction of sp³-hybridized carbons (Fsp3) is 0.583. The monoisotopic (exact) mass is 266 g/mol. The number of carbonyl (C=O) groups excluding carboxylic acids is 2. The first-order valence-electron chi connectivity index (χ1n) is 6.42. The first-order valence-corrected chi connectivity index (χ1v) is 6.42. The van der Waals surface area contributed by atoms with Gasteiger partial charge in [-0.1, -0.05) is 0 Å². The van der Waals surface area contributed by atoms with Gasteiger partial charge >= 0.3 is 6.09 Å². The number of hydrogen-bond acceptors (Lipinski definition) is 4. The second-order valence-electron chi connectivity index (χ2n) is 4.37. The molecule has 104 valence electrons. The van der Waals surface area contributed by atoms with Crippen LogP contribution in [-0.2, 0) is 4.74 Å². The standard InChI is InChI=1S/C12H18N4O3/c1-2-19-12(18)16-7-3-9(4-8-16)15-11(17)10-13-5-6-14-10/h5-6,9H,2-4,7-8H2,1H3,(H,13,14)(H,15,17). The molecule has 1 aromatic heterocycles. The van der Waals surface area contributed by atoms with Crippen molar-refractivity contribution in [3.63, 3.8) is 0 Å². The predicted molar refractivity (Wildman–Crippen MR) is 67.7 cm³/mol. The second kappa shape index (κ2) is 6.21. The fourth-order valence-corrected chi connectivity index (χ4v) is 2.06. The molecule has 0 aromatic carbocycles. The van der Waals surface area contributed by atoms with Gasteiger partial charge < -0.3 is 19.9 Å². The van der Waals surface area contributed by atoms with Crippen LogP contribution in [0.3, 0.4) is 0 Å². The molecule has 1 fully saturated rings. The molecule has 2 N–H and O–H groups in total. The van der Waals surface area contributed by atoms with Crippen LogP contribution in [0.4, 0.5) is 4.79 Å². The number of nitrogens with one attached hydrogen (secondary N) is 2. The highest BCUT2D eigenvalue weighted by molar-refractivity contribution is 5.90. The SMILES string of the molecule is CCOC(=O)N1CCC(NC(=O)c2ncc[nH]2)CC1. The molecule has 1 aliphatic rings. The van der Waals surface area contributed by atoms with Gasteiger partial charge in [0, 0.05) is 31.5 Å². The first kappa shape index (κ1) is 13.4. The second-order valence-corrected chi connectivity index (χ2v) is 4.37. The van der Waals surface area contributed by atoms with Crippen LogP contribution in [0, 0.1) is 0 Å². The highest BCUT2D eigenvalue weighted by Crippen LogP contribution is 2.11. The molecule has 0 atom stereocenters. The van der Waals surface area contributed by atoms with Crippen molar-refractivity contribution in [1.82, 2.24) is 20.2 Å². The molecule has 7 nitrogen and oxygen atoms in total. The summed E-state index contributed by atoms with van der Waals surface area (Å²) in [6.07, 6.45) is 4.32. The van der Waals surface area contributed by atoms with E-state index in [4.69, 9.17) is 4.74 Å². The number of H-pyrrole nitrogens is 1. The van der Waals surface area contributed by atoms with Crippen molar-refractivity contribution in [2.75, 3.05) is 19.7 Å². The van der Waals surface area contributed by atoms with Gasteiger partial charge in [-0.05, 0) is 19.8 Å². The van der Waals surface area contributed by atoms with Crippen LogP contribution in [0.2, 0.25) is 0 Å². The maximum absolute atomic E-state index is 11.8. The van der Waals surface area contributed by atoms with Gasteiger partial charge in [0.2, 0.25) is 0 Å². The van der Waals surface area contributed by atoms with E-state index in [9.17, 15) is 9.59 Å². The molecule has 1 saturated heterocycles. The van der Waals surface area contributed by atoms with E-state index < -0.39 is 0 Å². The van der Waals surface area contributed by atoms with Gasteiger partial charge in [-0.25, -0.2) is 9.78 Å². The number of aromatic amines is 1. The zero-order valence-corrected chi connectivity index (χ0v) is 10.9. The smallest absolute Gasteiger partial charge is 0.409 e. The summed E-state index contributed by atoms with van der Waals surface area (Å²) in [5.74, 6) is 0.104. The third-order valence-electron chi connectivity index (χ3n) is 3.07. The van der Waals surface area contributed by atoms with Gasteiger partial charge in [0.15, 0.2) is 5.82 Å². The van der Waals surface area contributed by atoms with E-state index in [2.05, 4.69) is 15.3 Å². The molecule has 0 aliphatic carbocycles.